The van der Waals surface area contributed by atoms with E-state index >= 15 is 0 Å². The maximum atomic E-state index is 13.4. The van der Waals surface area contributed by atoms with Crippen molar-refractivity contribution in [1.29, 1.82) is 0 Å². The molecule has 0 amide bonds. The Kier molecular flexibility index (Phi) is 5.30. The molecule has 0 aliphatic rings. The molecule has 2 aromatic rings. The minimum Gasteiger partial charge on any atom is -0.288 e. The van der Waals surface area contributed by atoms with Crippen LogP contribution in [0.3, 0.4) is 0 Å². The molecule has 19 heavy (non-hydrogen) atoms. The smallest absolute Gasteiger partial charge is 0.197 e. The van der Waals surface area contributed by atoms with Gasteiger partial charge in [-0.1, -0.05) is 13.8 Å². The monoisotopic (exact) mass is 265 g/mol. The molecule has 2 rings (SSSR count). The Morgan fingerprint density at radius 1 is 1.16 bits per heavy atom. The number of hydrogen-bond donors (Lipinski definition) is 0. The summed E-state index contributed by atoms with van der Waals surface area (Å²) in [6, 6.07) is 4.45. The van der Waals surface area contributed by atoms with Gasteiger partial charge in [0, 0.05) is 19.4 Å². The minimum atomic E-state index is -0.736. The number of ketones is 1. The van der Waals surface area contributed by atoms with Crippen LogP contribution in [0, 0.1) is 18.6 Å². The SMILES string of the molecule is CC.Cc1ccncc1C(=O)c1cc(F)ccc1F.[HH]. The van der Waals surface area contributed by atoms with Gasteiger partial charge in [0.25, 0.3) is 0 Å². The highest BCUT2D eigenvalue weighted by Gasteiger charge is 2.16. The standard InChI is InChI=1S/C13H9F2NO.C2H6.H2/c1-8-4-5-16-7-11(8)13(17)10-6-9(14)2-3-12(10)15;1-2;/h2-7H,1H3;1-2H3;1H. The predicted molar refractivity (Wildman–Crippen MR) is 72.2 cm³/mol. The predicted octanol–water partition coefficient (Wildman–Crippen LogP) is 4.17. The fourth-order valence-electron chi connectivity index (χ4n) is 1.52. The molecule has 0 unspecified atom stereocenters. The largest absolute Gasteiger partial charge is 0.288 e. The summed E-state index contributed by atoms with van der Waals surface area (Å²) in [5.41, 5.74) is 0.673. The maximum absolute atomic E-state index is 13.4. The lowest BCUT2D eigenvalue weighted by Gasteiger charge is -2.05. The third kappa shape index (κ3) is 3.44. The lowest BCUT2D eigenvalue weighted by Crippen LogP contribution is -2.07. The molecule has 0 atom stereocenters. The first kappa shape index (κ1) is 15.0. The average Bonchev–Trinajstić information content (AvgIpc) is 2.43. The van der Waals surface area contributed by atoms with Crippen LogP contribution in [0.1, 0.15) is 36.8 Å². The first-order valence-corrected chi connectivity index (χ1v) is 6.00. The molecule has 1 heterocycles. The van der Waals surface area contributed by atoms with Crippen molar-refractivity contribution in [2.24, 2.45) is 0 Å². The number of carbonyl (C=O) groups is 1. The van der Waals surface area contributed by atoms with Crippen LogP contribution in [0.5, 0.6) is 0 Å². The molecule has 2 nitrogen and oxygen atoms in total. The van der Waals surface area contributed by atoms with Gasteiger partial charge in [0.2, 0.25) is 0 Å². The molecule has 0 fully saturated rings. The van der Waals surface area contributed by atoms with Crippen LogP contribution < -0.4 is 0 Å². The lowest BCUT2D eigenvalue weighted by molar-refractivity contribution is 0.103. The fraction of sp³-hybridized carbons (Fsp3) is 0.200. The molecular formula is C15H17F2NO. The molecule has 0 bridgehead atoms. The number of aryl methyl sites for hydroxylation is 1. The van der Waals surface area contributed by atoms with Crippen molar-refractivity contribution in [3.63, 3.8) is 0 Å². The number of nitrogens with zero attached hydrogens (tertiary/aromatic N) is 1. The van der Waals surface area contributed by atoms with E-state index in [-0.39, 0.29) is 12.6 Å². The maximum Gasteiger partial charge on any atom is 0.197 e. The van der Waals surface area contributed by atoms with Gasteiger partial charge in [0.1, 0.15) is 11.6 Å². The highest BCUT2D eigenvalue weighted by molar-refractivity contribution is 6.09. The highest BCUT2D eigenvalue weighted by Crippen LogP contribution is 2.16. The molecule has 0 aliphatic carbocycles. The summed E-state index contributed by atoms with van der Waals surface area (Å²) < 4.78 is 26.4. The molecule has 0 saturated carbocycles. The van der Waals surface area contributed by atoms with Crippen LogP contribution >= 0.6 is 0 Å². The van der Waals surface area contributed by atoms with Gasteiger partial charge >= 0.3 is 0 Å². The summed E-state index contributed by atoms with van der Waals surface area (Å²) in [6.45, 7) is 5.71. The molecule has 102 valence electrons. The Balaban J connectivity index is 0.00000115. The van der Waals surface area contributed by atoms with Gasteiger partial charge in [-0.25, -0.2) is 8.78 Å². The van der Waals surface area contributed by atoms with E-state index in [1.165, 1.54) is 12.4 Å². The van der Waals surface area contributed by atoms with E-state index in [1.807, 2.05) is 13.8 Å². The first-order chi connectivity index (χ1) is 9.09. The van der Waals surface area contributed by atoms with E-state index in [0.29, 0.717) is 5.56 Å². The van der Waals surface area contributed by atoms with Crippen molar-refractivity contribution in [1.82, 2.24) is 4.98 Å². The second-order valence-corrected chi connectivity index (χ2v) is 3.64. The van der Waals surface area contributed by atoms with Gasteiger partial charge in [-0.05, 0) is 36.8 Å². The van der Waals surface area contributed by atoms with Crippen LogP contribution in [-0.2, 0) is 0 Å². The summed E-state index contributed by atoms with van der Waals surface area (Å²) in [7, 11) is 0. The summed E-state index contributed by atoms with van der Waals surface area (Å²) >= 11 is 0. The van der Waals surface area contributed by atoms with Gasteiger partial charge < -0.3 is 0 Å². The Hall–Kier alpha value is -2.10. The third-order valence-electron chi connectivity index (χ3n) is 2.46. The van der Waals surface area contributed by atoms with Crippen LogP contribution in [0.4, 0.5) is 8.78 Å². The van der Waals surface area contributed by atoms with Crippen LogP contribution in [0.2, 0.25) is 0 Å². The molecule has 0 saturated heterocycles. The summed E-state index contributed by atoms with van der Waals surface area (Å²) in [6.07, 6.45) is 2.88. The van der Waals surface area contributed by atoms with Gasteiger partial charge in [0.05, 0.1) is 5.56 Å². The summed E-state index contributed by atoms with van der Waals surface area (Å²) in [4.78, 5) is 15.8. The van der Waals surface area contributed by atoms with Crippen LogP contribution in [0.15, 0.2) is 36.7 Å². The molecule has 0 aliphatic heterocycles. The van der Waals surface area contributed by atoms with E-state index in [1.54, 1.807) is 13.0 Å². The molecule has 1 aromatic heterocycles. The molecule has 0 spiro atoms. The van der Waals surface area contributed by atoms with Crippen molar-refractivity contribution >= 4 is 5.78 Å². The zero-order chi connectivity index (χ0) is 14.4. The zero-order valence-corrected chi connectivity index (χ0v) is 11.1. The fourth-order valence-corrected chi connectivity index (χ4v) is 1.52. The van der Waals surface area contributed by atoms with E-state index in [9.17, 15) is 13.6 Å². The van der Waals surface area contributed by atoms with Crippen molar-refractivity contribution in [2.75, 3.05) is 0 Å². The number of pyridine rings is 1. The molecule has 1 aromatic carbocycles. The van der Waals surface area contributed by atoms with Gasteiger partial charge in [-0.2, -0.15) is 0 Å². The quantitative estimate of drug-likeness (QED) is 0.763. The summed E-state index contributed by atoms with van der Waals surface area (Å²) in [5.74, 6) is -1.94. The lowest BCUT2D eigenvalue weighted by atomic mass is 10.0. The van der Waals surface area contributed by atoms with Crippen molar-refractivity contribution < 1.29 is 15.0 Å². The average molecular weight is 265 g/mol. The second-order valence-electron chi connectivity index (χ2n) is 3.64. The second kappa shape index (κ2) is 6.73. The van der Waals surface area contributed by atoms with Gasteiger partial charge in [-0.3, -0.25) is 9.78 Å². The first-order valence-electron chi connectivity index (χ1n) is 6.00. The number of rotatable bonds is 2. The van der Waals surface area contributed by atoms with Crippen LogP contribution in [0.25, 0.3) is 0 Å². The van der Waals surface area contributed by atoms with E-state index in [2.05, 4.69) is 4.98 Å². The van der Waals surface area contributed by atoms with Crippen molar-refractivity contribution in [2.45, 2.75) is 20.8 Å². The van der Waals surface area contributed by atoms with Crippen molar-refractivity contribution in [3.05, 3.63) is 65.0 Å². The topological polar surface area (TPSA) is 30.0 Å². The zero-order valence-electron chi connectivity index (χ0n) is 11.1. The molecule has 0 radical (unpaired) electrons. The molecular weight excluding hydrogens is 248 g/mol. The molecule has 0 N–H and O–H groups in total. The number of halogens is 2. The van der Waals surface area contributed by atoms with Crippen molar-refractivity contribution in [3.8, 4) is 0 Å². The molecule has 4 heteroatoms. The van der Waals surface area contributed by atoms with Gasteiger partial charge in [-0.15, -0.1) is 0 Å². The van der Waals surface area contributed by atoms with Crippen LogP contribution in [-0.4, -0.2) is 10.8 Å². The van der Waals surface area contributed by atoms with E-state index < -0.39 is 17.4 Å². The number of carbonyl (C=O) groups excluding carboxylic acids is 1. The third-order valence-corrected chi connectivity index (χ3v) is 2.46. The highest BCUT2D eigenvalue weighted by atomic mass is 19.1. The van der Waals surface area contributed by atoms with Gasteiger partial charge in [0.15, 0.2) is 5.78 Å². The Bertz CT molecular complexity index is 588. The normalized spacial score (nSPS) is 9.53. The van der Waals surface area contributed by atoms with E-state index in [4.69, 9.17) is 0 Å². The number of aromatic nitrogens is 1. The Morgan fingerprint density at radius 2 is 1.84 bits per heavy atom. The Morgan fingerprint density at radius 3 is 2.47 bits per heavy atom. The van der Waals surface area contributed by atoms with E-state index in [0.717, 1.165) is 18.2 Å². The number of hydrogen-bond acceptors (Lipinski definition) is 2. The summed E-state index contributed by atoms with van der Waals surface area (Å²) in [5, 5.41) is 0. The minimum absolute atomic E-state index is 0. The Labute approximate surface area is 112 Å². The number of benzene rings is 1.